The van der Waals surface area contributed by atoms with E-state index in [1.807, 2.05) is 17.9 Å². The van der Waals surface area contributed by atoms with Crippen molar-refractivity contribution in [2.75, 3.05) is 13.2 Å². The van der Waals surface area contributed by atoms with Gasteiger partial charge in [-0.15, -0.1) is 0 Å². The normalized spacial score (nSPS) is 23.6. The lowest BCUT2D eigenvalue weighted by Gasteiger charge is -2.37. The van der Waals surface area contributed by atoms with Crippen LogP contribution in [0.4, 0.5) is 0 Å². The molecule has 1 unspecified atom stereocenters. The second-order valence-electron chi connectivity index (χ2n) is 5.66. The van der Waals surface area contributed by atoms with E-state index in [2.05, 4.69) is 40.2 Å². The fourth-order valence-corrected chi connectivity index (χ4v) is 3.62. The Morgan fingerprint density at radius 3 is 2.80 bits per heavy atom. The fourth-order valence-electron chi connectivity index (χ4n) is 2.99. The predicted octanol–water partition coefficient (Wildman–Crippen LogP) is 3.43. The van der Waals surface area contributed by atoms with Gasteiger partial charge in [-0.05, 0) is 61.0 Å². The van der Waals surface area contributed by atoms with Crippen LogP contribution in [0.25, 0.3) is 0 Å². The molecule has 1 aromatic heterocycles. The molecule has 2 rings (SSSR count). The molecule has 1 aromatic rings. The maximum atomic E-state index is 5.66. The molecule has 1 aliphatic carbocycles. The molecule has 1 aliphatic rings. The summed E-state index contributed by atoms with van der Waals surface area (Å²) >= 11 is 3.63. The van der Waals surface area contributed by atoms with Gasteiger partial charge < -0.3 is 10.1 Å². The summed E-state index contributed by atoms with van der Waals surface area (Å²) in [6.45, 7) is 6.16. The Hall–Kier alpha value is -0.390. The van der Waals surface area contributed by atoms with Crippen molar-refractivity contribution in [1.82, 2.24) is 15.1 Å². The number of aromatic nitrogens is 2. The summed E-state index contributed by atoms with van der Waals surface area (Å²) < 4.78 is 8.75. The van der Waals surface area contributed by atoms with Crippen LogP contribution in [0.3, 0.4) is 0 Å². The van der Waals surface area contributed by atoms with Crippen LogP contribution in [0.15, 0.2) is 10.7 Å². The second-order valence-corrected chi connectivity index (χ2v) is 6.51. The second kappa shape index (κ2) is 7.57. The molecule has 1 atom stereocenters. The molecule has 0 saturated heterocycles. The third kappa shape index (κ3) is 3.83. The number of hydrogen-bond donors (Lipinski definition) is 1. The van der Waals surface area contributed by atoms with E-state index in [-0.39, 0.29) is 0 Å². The van der Waals surface area contributed by atoms with Gasteiger partial charge in [0.1, 0.15) is 0 Å². The number of rotatable bonds is 8. The highest BCUT2D eigenvalue weighted by Crippen LogP contribution is 2.38. The molecule has 4 nitrogen and oxygen atoms in total. The minimum Gasteiger partial charge on any atom is -0.378 e. The number of nitrogens with zero attached hydrogens (tertiary/aromatic N) is 2. The Balaban J connectivity index is 1.95. The molecule has 0 aliphatic heterocycles. The Morgan fingerprint density at radius 2 is 2.25 bits per heavy atom. The first-order valence-corrected chi connectivity index (χ1v) is 8.47. The van der Waals surface area contributed by atoms with Gasteiger partial charge in [-0.1, -0.05) is 6.92 Å². The number of halogens is 1. The summed E-state index contributed by atoms with van der Waals surface area (Å²) in [5.74, 6) is 0.766. The number of ether oxygens (including phenoxy) is 1. The summed E-state index contributed by atoms with van der Waals surface area (Å²) in [5.41, 5.74) is 1.26. The number of aryl methyl sites for hydroxylation is 1. The molecule has 1 heterocycles. The SMILES string of the molecule is CCCNC(CC1CC(OCC)C1)c1c(Br)cnn1C. The van der Waals surface area contributed by atoms with Crippen LogP contribution in [-0.4, -0.2) is 29.0 Å². The molecule has 0 aromatic carbocycles. The van der Waals surface area contributed by atoms with E-state index in [9.17, 15) is 0 Å². The van der Waals surface area contributed by atoms with E-state index >= 15 is 0 Å². The zero-order valence-corrected chi connectivity index (χ0v) is 14.3. The Morgan fingerprint density at radius 1 is 1.50 bits per heavy atom. The van der Waals surface area contributed by atoms with Crippen molar-refractivity contribution in [2.24, 2.45) is 13.0 Å². The maximum Gasteiger partial charge on any atom is 0.0692 e. The van der Waals surface area contributed by atoms with Gasteiger partial charge in [-0.25, -0.2) is 0 Å². The molecule has 114 valence electrons. The summed E-state index contributed by atoms with van der Waals surface area (Å²) in [6, 6.07) is 0.379. The first kappa shape index (κ1) is 16.0. The lowest BCUT2D eigenvalue weighted by molar-refractivity contribution is -0.0293. The molecule has 20 heavy (non-hydrogen) atoms. The zero-order chi connectivity index (χ0) is 14.5. The molecule has 5 heteroatoms. The highest BCUT2D eigenvalue weighted by Gasteiger charge is 2.32. The van der Waals surface area contributed by atoms with Gasteiger partial charge in [0.25, 0.3) is 0 Å². The third-order valence-electron chi connectivity index (χ3n) is 4.07. The predicted molar refractivity (Wildman–Crippen MR) is 84.7 cm³/mol. The summed E-state index contributed by atoms with van der Waals surface area (Å²) in [5, 5.41) is 8.01. The van der Waals surface area contributed by atoms with Gasteiger partial charge in [-0.3, -0.25) is 4.68 Å². The van der Waals surface area contributed by atoms with E-state index < -0.39 is 0 Å². The first-order chi connectivity index (χ1) is 9.65. The topological polar surface area (TPSA) is 39.1 Å². The van der Waals surface area contributed by atoms with Gasteiger partial charge in [0.05, 0.1) is 28.5 Å². The average molecular weight is 344 g/mol. The van der Waals surface area contributed by atoms with Crippen LogP contribution < -0.4 is 5.32 Å². The van der Waals surface area contributed by atoms with Gasteiger partial charge >= 0.3 is 0 Å². The largest absolute Gasteiger partial charge is 0.378 e. The van der Waals surface area contributed by atoms with Crippen molar-refractivity contribution in [2.45, 2.75) is 51.7 Å². The summed E-state index contributed by atoms with van der Waals surface area (Å²) in [4.78, 5) is 0. The van der Waals surface area contributed by atoms with Crippen LogP contribution in [0.5, 0.6) is 0 Å². The molecular formula is C15H26BrN3O. The van der Waals surface area contributed by atoms with Crippen LogP contribution >= 0.6 is 15.9 Å². The molecule has 1 fully saturated rings. The highest BCUT2D eigenvalue weighted by molar-refractivity contribution is 9.10. The van der Waals surface area contributed by atoms with Crippen molar-refractivity contribution in [3.05, 3.63) is 16.4 Å². The van der Waals surface area contributed by atoms with Crippen molar-refractivity contribution in [3.8, 4) is 0 Å². The quantitative estimate of drug-likeness (QED) is 0.785. The Kier molecular flexibility index (Phi) is 6.05. The molecular weight excluding hydrogens is 318 g/mol. The van der Waals surface area contributed by atoms with E-state index in [0.29, 0.717) is 12.1 Å². The van der Waals surface area contributed by atoms with Crippen LogP contribution in [-0.2, 0) is 11.8 Å². The van der Waals surface area contributed by atoms with Crippen LogP contribution in [0.2, 0.25) is 0 Å². The number of hydrogen-bond acceptors (Lipinski definition) is 3. The van der Waals surface area contributed by atoms with E-state index in [0.717, 1.165) is 30.0 Å². The van der Waals surface area contributed by atoms with Crippen LogP contribution in [0, 0.1) is 5.92 Å². The van der Waals surface area contributed by atoms with Crippen molar-refractivity contribution in [1.29, 1.82) is 0 Å². The van der Waals surface area contributed by atoms with Gasteiger partial charge in [0, 0.05) is 13.7 Å². The van der Waals surface area contributed by atoms with Crippen LogP contribution in [0.1, 0.15) is 51.3 Å². The molecule has 1 N–H and O–H groups in total. The standard InChI is InChI=1S/C15H26BrN3O/c1-4-6-17-14(15-13(16)10-18-19(15)3)9-11-7-12(8-11)20-5-2/h10-12,14,17H,4-9H2,1-3H3. The monoisotopic (exact) mass is 343 g/mol. The summed E-state index contributed by atoms with van der Waals surface area (Å²) in [6.07, 6.45) is 7.10. The molecule has 0 amide bonds. The van der Waals surface area contributed by atoms with Gasteiger partial charge in [0.2, 0.25) is 0 Å². The van der Waals surface area contributed by atoms with E-state index in [4.69, 9.17) is 4.74 Å². The molecule has 0 bridgehead atoms. The zero-order valence-electron chi connectivity index (χ0n) is 12.7. The molecule has 0 spiro atoms. The van der Waals surface area contributed by atoms with Gasteiger partial charge in [-0.2, -0.15) is 5.10 Å². The van der Waals surface area contributed by atoms with E-state index in [1.54, 1.807) is 0 Å². The van der Waals surface area contributed by atoms with Crippen molar-refractivity contribution in [3.63, 3.8) is 0 Å². The van der Waals surface area contributed by atoms with E-state index in [1.165, 1.54) is 25.0 Å². The average Bonchev–Trinajstić information content (AvgIpc) is 2.71. The highest BCUT2D eigenvalue weighted by atomic mass is 79.9. The first-order valence-electron chi connectivity index (χ1n) is 7.68. The summed E-state index contributed by atoms with van der Waals surface area (Å²) in [7, 11) is 2.02. The lowest BCUT2D eigenvalue weighted by Crippen LogP contribution is -2.35. The Labute approximate surface area is 130 Å². The fraction of sp³-hybridized carbons (Fsp3) is 0.800. The maximum absolute atomic E-state index is 5.66. The Bertz CT molecular complexity index is 396. The lowest BCUT2D eigenvalue weighted by atomic mass is 9.77. The minimum absolute atomic E-state index is 0.379. The smallest absolute Gasteiger partial charge is 0.0692 e. The van der Waals surface area contributed by atoms with Gasteiger partial charge in [0.15, 0.2) is 0 Å². The number of nitrogens with one attached hydrogen (secondary N) is 1. The molecule has 1 saturated carbocycles. The molecule has 0 radical (unpaired) electrons. The minimum atomic E-state index is 0.379. The van der Waals surface area contributed by atoms with Crippen molar-refractivity contribution < 1.29 is 4.74 Å². The van der Waals surface area contributed by atoms with Crippen molar-refractivity contribution >= 4 is 15.9 Å². The third-order valence-corrected chi connectivity index (χ3v) is 4.68.